The molecular weight excluding hydrogens is 462 g/mol. The molecule has 4 heterocycles. The van der Waals surface area contributed by atoms with E-state index in [0.29, 0.717) is 30.5 Å². The number of rotatable bonds is 6. The molecule has 3 atom stereocenters. The minimum atomic E-state index is -0.613. The number of nitrogens with one attached hydrogen (secondary N) is 1. The molecule has 188 valence electrons. The number of carbonyl (C=O) groups is 3. The van der Waals surface area contributed by atoms with Crippen molar-refractivity contribution in [1.29, 1.82) is 0 Å². The number of hydrogen-bond acceptors (Lipinski definition) is 8. The average Bonchev–Trinajstić information content (AvgIpc) is 3.18. The Balaban J connectivity index is 1.09. The van der Waals surface area contributed by atoms with Crippen LogP contribution in [0, 0.1) is 0 Å². The number of benzene rings is 1. The molecule has 0 bridgehead atoms. The first-order chi connectivity index (χ1) is 17.5. The lowest BCUT2D eigenvalue weighted by Gasteiger charge is -2.47. The van der Waals surface area contributed by atoms with E-state index in [1.165, 1.54) is 6.42 Å². The number of carbonyl (C=O) groups excluding carboxylic acids is 3. The van der Waals surface area contributed by atoms with Crippen LogP contribution >= 0.6 is 0 Å². The van der Waals surface area contributed by atoms with Gasteiger partial charge in [-0.25, -0.2) is 0 Å². The van der Waals surface area contributed by atoms with Crippen LogP contribution in [-0.2, 0) is 16.1 Å². The minimum absolute atomic E-state index is 0.0672. The van der Waals surface area contributed by atoms with Crippen molar-refractivity contribution in [3.8, 4) is 11.6 Å². The summed E-state index contributed by atoms with van der Waals surface area (Å²) in [4.78, 5) is 40.8. The standard InChI is InChI=1S/C26H29N5O5/c32-23-10-9-21(25(33)28-23)31-13-16-12-17(7-8-19(16)26(31)34)35-22-5-2-1-4-20(22)30-14-18(15-30)36-24-6-3-11-27-29-24/h3,6-8,11-12,18,20-22H,1-2,4-5,9-10,13-15H2,(H,28,32,33)/t20-,21?,22+/m0/s1. The first kappa shape index (κ1) is 22.9. The normalized spacial score (nSPS) is 26.8. The first-order valence-electron chi connectivity index (χ1n) is 12.7. The van der Waals surface area contributed by atoms with Crippen molar-refractivity contribution in [2.75, 3.05) is 13.1 Å². The van der Waals surface area contributed by atoms with E-state index in [-0.39, 0.29) is 30.4 Å². The van der Waals surface area contributed by atoms with Crippen LogP contribution in [0.1, 0.15) is 54.4 Å². The van der Waals surface area contributed by atoms with Crippen LogP contribution in [0.5, 0.6) is 11.6 Å². The van der Waals surface area contributed by atoms with E-state index in [1.807, 2.05) is 24.3 Å². The van der Waals surface area contributed by atoms with Gasteiger partial charge in [-0.05, 0) is 55.5 Å². The fourth-order valence-electron chi connectivity index (χ4n) is 5.77. The summed E-state index contributed by atoms with van der Waals surface area (Å²) in [5.74, 6) is 0.447. The summed E-state index contributed by atoms with van der Waals surface area (Å²) in [6.07, 6.45) is 6.77. The molecule has 2 aromatic rings. The Bertz CT molecular complexity index is 1170. The lowest BCUT2D eigenvalue weighted by molar-refractivity contribution is -0.136. The monoisotopic (exact) mass is 491 g/mol. The zero-order valence-corrected chi connectivity index (χ0v) is 20.0. The first-order valence-corrected chi connectivity index (χ1v) is 12.7. The lowest BCUT2D eigenvalue weighted by atomic mass is 9.89. The molecule has 0 spiro atoms. The maximum absolute atomic E-state index is 13.0. The van der Waals surface area contributed by atoms with Crippen molar-refractivity contribution >= 4 is 17.7 Å². The van der Waals surface area contributed by atoms with E-state index in [9.17, 15) is 14.4 Å². The Labute approximate surface area is 208 Å². The van der Waals surface area contributed by atoms with Crippen molar-refractivity contribution in [2.24, 2.45) is 0 Å². The van der Waals surface area contributed by atoms with Gasteiger partial charge in [0.25, 0.3) is 5.91 Å². The molecule has 1 aromatic carbocycles. The summed E-state index contributed by atoms with van der Waals surface area (Å²) >= 11 is 0. The number of amides is 3. The third-order valence-corrected chi connectivity index (χ3v) is 7.63. The van der Waals surface area contributed by atoms with Crippen molar-refractivity contribution in [3.05, 3.63) is 47.7 Å². The van der Waals surface area contributed by atoms with Gasteiger partial charge < -0.3 is 14.4 Å². The van der Waals surface area contributed by atoms with Gasteiger partial charge in [0.05, 0.1) is 0 Å². The number of ether oxygens (including phenoxy) is 2. The second kappa shape index (κ2) is 9.50. The maximum atomic E-state index is 13.0. The zero-order chi connectivity index (χ0) is 24.6. The number of hydrogen-bond donors (Lipinski definition) is 1. The molecule has 3 amide bonds. The van der Waals surface area contributed by atoms with Gasteiger partial charge in [0.2, 0.25) is 17.7 Å². The average molecular weight is 492 g/mol. The van der Waals surface area contributed by atoms with Crippen LogP contribution in [0.2, 0.25) is 0 Å². The van der Waals surface area contributed by atoms with Crippen LogP contribution in [0.25, 0.3) is 0 Å². The van der Waals surface area contributed by atoms with E-state index < -0.39 is 11.9 Å². The van der Waals surface area contributed by atoms with Crippen molar-refractivity contribution in [1.82, 2.24) is 25.3 Å². The molecule has 1 saturated carbocycles. The fourth-order valence-corrected chi connectivity index (χ4v) is 5.77. The number of piperidine rings is 1. The van der Waals surface area contributed by atoms with E-state index >= 15 is 0 Å². The zero-order valence-electron chi connectivity index (χ0n) is 20.0. The summed E-state index contributed by atoms with van der Waals surface area (Å²) in [5.41, 5.74) is 1.45. The van der Waals surface area contributed by atoms with Crippen molar-refractivity contribution in [3.63, 3.8) is 0 Å². The highest BCUT2D eigenvalue weighted by Crippen LogP contribution is 2.34. The predicted molar refractivity (Wildman–Crippen MR) is 127 cm³/mol. The third kappa shape index (κ3) is 4.41. The van der Waals surface area contributed by atoms with Crippen LogP contribution in [0.15, 0.2) is 36.5 Å². The molecule has 1 aliphatic carbocycles. The predicted octanol–water partition coefficient (Wildman–Crippen LogP) is 1.69. The maximum Gasteiger partial charge on any atom is 0.255 e. The summed E-state index contributed by atoms with van der Waals surface area (Å²) in [5, 5.41) is 10.2. The third-order valence-electron chi connectivity index (χ3n) is 7.63. The molecule has 3 aliphatic heterocycles. The van der Waals surface area contributed by atoms with Crippen LogP contribution in [-0.4, -0.2) is 75.1 Å². The van der Waals surface area contributed by atoms with Crippen molar-refractivity contribution < 1.29 is 23.9 Å². The second-order valence-electron chi connectivity index (χ2n) is 9.98. The highest BCUT2D eigenvalue weighted by molar-refractivity contribution is 6.05. The molecule has 1 aromatic heterocycles. The molecule has 36 heavy (non-hydrogen) atoms. The molecule has 6 rings (SSSR count). The summed E-state index contributed by atoms with van der Waals surface area (Å²) in [6.45, 7) is 2.01. The van der Waals surface area contributed by atoms with Gasteiger partial charge in [0.15, 0.2) is 0 Å². The van der Waals surface area contributed by atoms with E-state index in [1.54, 1.807) is 17.2 Å². The molecule has 2 saturated heterocycles. The highest BCUT2D eigenvalue weighted by Gasteiger charge is 2.41. The smallest absolute Gasteiger partial charge is 0.255 e. The van der Waals surface area contributed by atoms with E-state index in [4.69, 9.17) is 9.47 Å². The van der Waals surface area contributed by atoms with E-state index in [2.05, 4.69) is 20.4 Å². The molecule has 3 fully saturated rings. The Kier molecular flexibility index (Phi) is 6.04. The highest BCUT2D eigenvalue weighted by atomic mass is 16.5. The second-order valence-corrected chi connectivity index (χ2v) is 9.98. The Morgan fingerprint density at radius 3 is 2.67 bits per heavy atom. The van der Waals surface area contributed by atoms with Gasteiger partial charge in [0, 0.05) is 49.9 Å². The largest absolute Gasteiger partial charge is 0.489 e. The molecule has 1 unspecified atom stereocenters. The van der Waals surface area contributed by atoms with Gasteiger partial charge in [-0.15, -0.1) is 5.10 Å². The van der Waals surface area contributed by atoms with Gasteiger partial charge in [-0.1, -0.05) is 6.42 Å². The Hall–Kier alpha value is -3.53. The Morgan fingerprint density at radius 1 is 1.00 bits per heavy atom. The number of fused-ring (bicyclic) bond motifs is 1. The number of likely N-dealkylation sites (tertiary alicyclic amines) is 1. The van der Waals surface area contributed by atoms with Crippen LogP contribution < -0.4 is 14.8 Å². The molecule has 10 heteroatoms. The quantitative estimate of drug-likeness (QED) is 0.608. The molecule has 0 radical (unpaired) electrons. The summed E-state index contributed by atoms with van der Waals surface area (Å²) < 4.78 is 12.4. The van der Waals surface area contributed by atoms with Crippen molar-refractivity contribution in [2.45, 2.75) is 69.4 Å². The van der Waals surface area contributed by atoms with Crippen LogP contribution in [0.4, 0.5) is 0 Å². The fraction of sp³-hybridized carbons (Fsp3) is 0.500. The van der Waals surface area contributed by atoms with E-state index in [0.717, 1.165) is 43.7 Å². The summed E-state index contributed by atoms with van der Waals surface area (Å²) in [7, 11) is 0. The minimum Gasteiger partial charge on any atom is -0.489 e. The molecule has 1 N–H and O–H groups in total. The molecule has 4 aliphatic rings. The topological polar surface area (TPSA) is 114 Å². The van der Waals surface area contributed by atoms with Gasteiger partial charge in [-0.3, -0.25) is 24.6 Å². The van der Waals surface area contributed by atoms with Gasteiger partial charge in [0.1, 0.15) is 24.0 Å². The SMILES string of the molecule is O=C1CCC(N2Cc3cc(O[C@@H]4CCCC[C@@H]4N4CC(Oc5cccnn5)C4)ccc3C2=O)C(=O)N1. The van der Waals surface area contributed by atoms with Crippen LogP contribution in [0.3, 0.4) is 0 Å². The number of nitrogens with zero attached hydrogens (tertiary/aromatic N) is 4. The number of aromatic nitrogens is 2. The Morgan fingerprint density at radius 2 is 1.86 bits per heavy atom. The van der Waals surface area contributed by atoms with Gasteiger partial charge in [-0.2, -0.15) is 5.10 Å². The number of imide groups is 1. The molecular formula is C26H29N5O5. The molecule has 10 nitrogen and oxygen atoms in total. The summed E-state index contributed by atoms with van der Waals surface area (Å²) in [6, 6.07) is 8.92. The lowest BCUT2D eigenvalue weighted by Crippen LogP contribution is -2.62. The van der Waals surface area contributed by atoms with Gasteiger partial charge >= 0.3 is 0 Å².